The van der Waals surface area contributed by atoms with E-state index in [1.807, 2.05) is 45.0 Å². The van der Waals surface area contributed by atoms with Crippen molar-refractivity contribution >= 4 is 35.2 Å². The van der Waals surface area contributed by atoms with Gasteiger partial charge in [0.05, 0.1) is 5.54 Å². The van der Waals surface area contributed by atoms with Crippen LogP contribution in [0.15, 0.2) is 55.1 Å². The number of nitrogens with one attached hydrogen (secondary N) is 3. The van der Waals surface area contributed by atoms with Gasteiger partial charge in [-0.3, -0.25) is 10.2 Å². The number of hydrazine groups is 1. The normalized spacial score (nSPS) is 11.2. The van der Waals surface area contributed by atoms with Crippen LogP contribution in [0.4, 0.5) is 9.18 Å². The van der Waals surface area contributed by atoms with Crippen molar-refractivity contribution in [1.29, 1.82) is 0 Å². The van der Waals surface area contributed by atoms with E-state index in [4.69, 9.17) is 11.6 Å². The molecule has 3 amide bonds. The number of halogens is 2. The molecule has 7 heteroatoms. The molecule has 2 aromatic rings. The number of rotatable bonds is 5. The molecule has 5 nitrogen and oxygen atoms in total. The second kappa shape index (κ2) is 9.39. The maximum atomic E-state index is 13.7. The van der Waals surface area contributed by atoms with Crippen molar-refractivity contribution in [2.75, 3.05) is 0 Å². The molecule has 0 aliphatic carbocycles. The Kier molecular flexibility index (Phi) is 7.18. The molecule has 0 aromatic heterocycles. The van der Waals surface area contributed by atoms with E-state index in [1.165, 1.54) is 18.2 Å². The first-order valence-corrected chi connectivity index (χ1v) is 9.24. The zero-order valence-electron chi connectivity index (χ0n) is 16.5. The minimum atomic E-state index is -0.692. The Bertz CT molecular complexity index is 970. The molecule has 0 radical (unpaired) electrons. The van der Waals surface area contributed by atoms with Crippen LogP contribution in [0.5, 0.6) is 0 Å². The third kappa shape index (κ3) is 6.47. The molecule has 0 saturated carbocycles. The monoisotopic (exact) mass is 415 g/mol. The van der Waals surface area contributed by atoms with Crippen molar-refractivity contribution in [2.45, 2.75) is 26.3 Å². The van der Waals surface area contributed by atoms with Crippen LogP contribution in [-0.4, -0.2) is 11.9 Å². The van der Waals surface area contributed by atoms with Crippen LogP contribution in [0.1, 0.15) is 37.5 Å². The number of carbonyl (C=O) groups is 2. The molecule has 0 atom stereocenters. The molecule has 0 spiro atoms. The maximum Gasteiger partial charge on any atom is 0.334 e. The van der Waals surface area contributed by atoms with Gasteiger partial charge in [-0.15, -0.1) is 0 Å². The highest BCUT2D eigenvalue weighted by Crippen LogP contribution is 2.23. The van der Waals surface area contributed by atoms with Crippen molar-refractivity contribution in [1.82, 2.24) is 16.2 Å². The number of benzene rings is 2. The summed E-state index contributed by atoms with van der Waals surface area (Å²) in [5.41, 5.74) is 6.80. The number of hydrogen-bond acceptors (Lipinski definition) is 2. The maximum absolute atomic E-state index is 13.7. The topological polar surface area (TPSA) is 70.2 Å². The highest BCUT2D eigenvalue weighted by Gasteiger charge is 2.23. The van der Waals surface area contributed by atoms with Gasteiger partial charge in [0.1, 0.15) is 5.82 Å². The van der Waals surface area contributed by atoms with Gasteiger partial charge in [-0.25, -0.2) is 14.6 Å². The fourth-order valence-corrected chi connectivity index (χ4v) is 2.68. The molecule has 0 aliphatic rings. The van der Waals surface area contributed by atoms with Crippen molar-refractivity contribution in [2.24, 2.45) is 0 Å². The number of hydrogen-bond donors (Lipinski definition) is 3. The van der Waals surface area contributed by atoms with Gasteiger partial charge in [0.15, 0.2) is 0 Å². The van der Waals surface area contributed by atoms with Crippen LogP contribution in [0.2, 0.25) is 5.02 Å². The van der Waals surface area contributed by atoms with Gasteiger partial charge >= 0.3 is 6.03 Å². The summed E-state index contributed by atoms with van der Waals surface area (Å²) in [5, 5.41) is 3.05. The highest BCUT2D eigenvalue weighted by atomic mass is 35.5. The first kappa shape index (κ1) is 22.2. The van der Waals surface area contributed by atoms with Gasteiger partial charge in [-0.05, 0) is 56.2 Å². The smallest absolute Gasteiger partial charge is 0.328 e. The molecule has 2 aromatic carbocycles. The Hall–Kier alpha value is -3.12. The first-order chi connectivity index (χ1) is 13.6. The van der Waals surface area contributed by atoms with Gasteiger partial charge in [-0.2, -0.15) is 0 Å². The quantitative estimate of drug-likeness (QED) is 0.485. The Labute approximate surface area is 174 Å². The molecule has 0 aliphatic heterocycles. The lowest BCUT2D eigenvalue weighted by molar-refractivity contribution is -0.117. The number of carbonyl (C=O) groups excluding carboxylic acids is 2. The zero-order valence-corrected chi connectivity index (χ0v) is 17.2. The van der Waals surface area contributed by atoms with Crippen molar-refractivity contribution in [3.63, 3.8) is 0 Å². The lowest BCUT2D eigenvalue weighted by Crippen LogP contribution is -2.52. The average molecular weight is 416 g/mol. The summed E-state index contributed by atoms with van der Waals surface area (Å²) in [6.07, 6.45) is 2.39. The highest BCUT2D eigenvalue weighted by molar-refractivity contribution is 6.30. The van der Waals surface area contributed by atoms with Crippen LogP contribution in [-0.2, 0) is 10.3 Å². The standard InChI is InChI=1S/C22H23ClFN3O2/c1-14(2)16-6-5-7-17(12-16)22(3,4)25-21(29)27-26-20(28)11-9-15-8-10-18(23)13-19(15)24/h5-13H,1H2,2-4H3,(H,26,28)(H2,25,27,29). The Balaban J connectivity index is 1.93. The van der Waals surface area contributed by atoms with E-state index >= 15 is 0 Å². The third-order valence-corrected chi connectivity index (χ3v) is 4.41. The molecule has 0 heterocycles. The molecule has 0 saturated heterocycles. The van der Waals surface area contributed by atoms with Gasteiger partial charge in [0, 0.05) is 16.7 Å². The summed E-state index contributed by atoms with van der Waals surface area (Å²) in [5.74, 6) is -1.16. The average Bonchev–Trinajstić information content (AvgIpc) is 2.65. The second-order valence-corrected chi connectivity index (χ2v) is 7.49. The number of urea groups is 1. The van der Waals surface area contributed by atoms with Gasteiger partial charge in [0.2, 0.25) is 0 Å². The molecule has 2 rings (SSSR count). The third-order valence-electron chi connectivity index (χ3n) is 4.18. The predicted octanol–water partition coefficient (Wildman–Crippen LogP) is 4.79. The Morgan fingerprint density at radius 1 is 1.14 bits per heavy atom. The largest absolute Gasteiger partial charge is 0.334 e. The second-order valence-electron chi connectivity index (χ2n) is 7.05. The number of amides is 3. The minimum absolute atomic E-state index is 0.201. The van der Waals surface area contributed by atoms with E-state index in [0.717, 1.165) is 28.8 Å². The van der Waals surface area contributed by atoms with Gasteiger partial charge in [0.25, 0.3) is 5.91 Å². The Morgan fingerprint density at radius 2 is 1.86 bits per heavy atom. The lowest BCUT2D eigenvalue weighted by Gasteiger charge is -2.27. The van der Waals surface area contributed by atoms with Crippen molar-refractivity contribution in [3.05, 3.63) is 82.6 Å². The molecule has 0 bridgehead atoms. The van der Waals surface area contributed by atoms with E-state index in [2.05, 4.69) is 22.7 Å². The fourth-order valence-electron chi connectivity index (χ4n) is 2.52. The van der Waals surface area contributed by atoms with Gasteiger partial charge in [-0.1, -0.05) is 48.0 Å². The summed E-state index contributed by atoms with van der Waals surface area (Å²) < 4.78 is 13.7. The summed E-state index contributed by atoms with van der Waals surface area (Å²) in [7, 11) is 0. The summed E-state index contributed by atoms with van der Waals surface area (Å²) in [4.78, 5) is 24.0. The van der Waals surface area contributed by atoms with E-state index < -0.39 is 23.3 Å². The molecule has 3 N–H and O–H groups in total. The van der Waals surface area contributed by atoms with Crippen LogP contribution >= 0.6 is 11.6 Å². The van der Waals surface area contributed by atoms with Crippen molar-refractivity contribution in [3.8, 4) is 0 Å². The SMILES string of the molecule is C=C(C)c1cccc(C(C)(C)NC(=O)NNC(=O)C=Cc2ccc(Cl)cc2F)c1. The zero-order chi connectivity index (χ0) is 21.6. The van der Waals surface area contributed by atoms with Crippen LogP contribution in [0.25, 0.3) is 11.6 Å². The fraction of sp³-hybridized carbons (Fsp3) is 0.182. The van der Waals surface area contributed by atoms with Gasteiger partial charge < -0.3 is 5.32 Å². The van der Waals surface area contributed by atoms with E-state index in [0.29, 0.717) is 0 Å². The molecular formula is C22H23ClFN3O2. The summed E-state index contributed by atoms with van der Waals surface area (Å²) in [6.45, 7) is 9.52. The molecule has 152 valence electrons. The van der Waals surface area contributed by atoms with Crippen molar-refractivity contribution < 1.29 is 14.0 Å². The number of allylic oxidation sites excluding steroid dienone is 1. The molecule has 0 fully saturated rings. The van der Waals surface area contributed by atoms with Crippen LogP contribution in [0, 0.1) is 5.82 Å². The van der Waals surface area contributed by atoms with Crippen LogP contribution in [0.3, 0.4) is 0 Å². The minimum Gasteiger partial charge on any atom is -0.328 e. The van der Waals surface area contributed by atoms with Crippen LogP contribution < -0.4 is 16.2 Å². The predicted molar refractivity (Wildman–Crippen MR) is 114 cm³/mol. The molecule has 0 unspecified atom stereocenters. The van der Waals surface area contributed by atoms with E-state index in [-0.39, 0.29) is 10.6 Å². The molecular weight excluding hydrogens is 393 g/mol. The summed E-state index contributed by atoms with van der Waals surface area (Å²) in [6, 6.07) is 11.2. The van der Waals surface area contributed by atoms with E-state index in [9.17, 15) is 14.0 Å². The van der Waals surface area contributed by atoms with E-state index in [1.54, 1.807) is 0 Å². The lowest BCUT2D eigenvalue weighted by atomic mass is 9.92. The molecule has 29 heavy (non-hydrogen) atoms. The summed E-state index contributed by atoms with van der Waals surface area (Å²) >= 11 is 5.68. The first-order valence-electron chi connectivity index (χ1n) is 8.86. The Morgan fingerprint density at radius 3 is 2.52 bits per heavy atom.